The predicted octanol–water partition coefficient (Wildman–Crippen LogP) is 0.872. The summed E-state index contributed by atoms with van der Waals surface area (Å²) in [5, 5.41) is 11.3. The molecule has 1 heterocycles. The maximum absolute atomic E-state index is 4.13. The van der Waals surface area contributed by atoms with Crippen LogP contribution in [0.4, 0.5) is 0 Å². The molecule has 0 spiro atoms. The van der Waals surface area contributed by atoms with Gasteiger partial charge in [0.05, 0.1) is 12.2 Å². The summed E-state index contributed by atoms with van der Waals surface area (Å²) in [4.78, 5) is 2.46. The zero-order valence-electron chi connectivity index (χ0n) is 10.9. The minimum absolute atomic E-state index is 0.787. The van der Waals surface area contributed by atoms with Crippen LogP contribution in [0, 0.1) is 0 Å². The molecule has 0 aliphatic heterocycles. The van der Waals surface area contributed by atoms with Gasteiger partial charge in [-0.25, -0.2) is 0 Å². The van der Waals surface area contributed by atoms with Crippen molar-refractivity contribution in [3.8, 4) is 0 Å². The summed E-state index contributed by atoms with van der Waals surface area (Å²) in [6, 6.07) is 0.787. The fourth-order valence-corrected chi connectivity index (χ4v) is 2.50. The van der Waals surface area contributed by atoms with E-state index in [-0.39, 0.29) is 0 Å². The first kappa shape index (κ1) is 12.5. The quantitative estimate of drug-likeness (QED) is 0.797. The molecule has 1 saturated carbocycles. The Hall–Kier alpha value is -0.940. The van der Waals surface area contributed by atoms with Crippen LogP contribution in [0.15, 0.2) is 6.20 Å². The molecule has 1 N–H and O–H groups in total. The molecule has 17 heavy (non-hydrogen) atoms. The predicted molar refractivity (Wildman–Crippen MR) is 67.7 cm³/mol. The molecule has 0 amide bonds. The molecule has 1 aliphatic carbocycles. The lowest BCUT2D eigenvalue weighted by Gasteiger charge is -2.23. The lowest BCUT2D eigenvalue weighted by atomic mass is 10.2. The maximum atomic E-state index is 4.13. The SMILES string of the molecule is CNCc1cn(CCN(C)C2CCCC2)nn1. The van der Waals surface area contributed by atoms with E-state index in [1.807, 2.05) is 17.9 Å². The molecule has 0 atom stereocenters. The highest BCUT2D eigenvalue weighted by Gasteiger charge is 2.18. The van der Waals surface area contributed by atoms with Crippen molar-refractivity contribution in [3.63, 3.8) is 0 Å². The van der Waals surface area contributed by atoms with Crippen molar-refractivity contribution in [2.45, 2.75) is 44.8 Å². The third kappa shape index (κ3) is 3.51. The third-order valence-electron chi connectivity index (χ3n) is 3.57. The molecule has 1 fully saturated rings. The monoisotopic (exact) mass is 237 g/mol. The normalized spacial score (nSPS) is 17.1. The fourth-order valence-electron chi connectivity index (χ4n) is 2.50. The van der Waals surface area contributed by atoms with Crippen LogP contribution in [-0.2, 0) is 13.1 Å². The van der Waals surface area contributed by atoms with E-state index in [9.17, 15) is 0 Å². The van der Waals surface area contributed by atoms with Gasteiger partial charge in [0.25, 0.3) is 0 Å². The Morgan fingerprint density at radius 3 is 2.94 bits per heavy atom. The van der Waals surface area contributed by atoms with E-state index >= 15 is 0 Å². The first-order chi connectivity index (χ1) is 8.29. The van der Waals surface area contributed by atoms with Crippen LogP contribution < -0.4 is 5.32 Å². The highest BCUT2D eigenvalue weighted by Crippen LogP contribution is 2.21. The second kappa shape index (κ2) is 6.12. The van der Waals surface area contributed by atoms with Crippen molar-refractivity contribution >= 4 is 0 Å². The summed E-state index contributed by atoms with van der Waals surface area (Å²) in [5.41, 5.74) is 1.01. The first-order valence-electron chi connectivity index (χ1n) is 6.53. The summed E-state index contributed by atoms with van der Waals surface area (Å²) in [7, 11) is 4.15. The molecule has 5 nitrogen and oxygen atoms in total. The van der Waals surface area contributed by atoms with E-state index < -0.39 is 0 Å². The van der Waals surface area contributed by atoms with Crippen LogP contribution in [0.2, 0.25) is 0 Å². The summed E-state index contributed by atoms with van der Waals surface area (Å²) < 4.78 is 1.94. The molecule has 1 aromatic heterocycles. The molecule has 5 heteroatoms. The number of rotatable bonds is 6. The van der Waals surface area contributed by atoms with Gasteiger partial charge in [-0.05, 0) is 26.9 Å². The molecule has 1 aromatic rings. The summed E-state index contributed by atoms with van der Waals surface area (Å²) >= 11 is 0. The molecule has 0 aromatic carbocycles. The highest BCUT2D eigenvalue weighted by molar-refractivity contribution is 4.91. The molecular formula is C12H23N5. The Labute approximate surface area is 103 Å². The fraction of sp³-hybridized carbons (Fsp3) is 0.833. The van der Waals surface area contributed by atoms with Crippen molar-refractivity contribution in [2.75, 3.05) is 20.6 Å². The number of hydrogen-bond acceptors (Lipinski definition) is 4. The van der Waals surface area contributed by atoms with Crippen molar-refractivity contribution in [1.82, 2.24) is 25.2 Å². The topological polar surface area (TPSA) is 46.0 Å². The third-order valence-corrected chi connectivity index (χ3v) is 3.57. The van der Waals surface area contributed by atoms with Gasteiger partial charge in [0, 0.05) is 25.3 Å². The zero-order chi connectivity index (χ0) is 12.1. The second-order valence-corrected chi connectivity index (χ2v) is 4.92. The van der Waals surface area contributed by atoms with Crippen LogP contribution in [0.5, 0.6) is 0 Å². The smallest absolute Gasteiger partial charge is 0.0964 e. The van der Waals surface area contributed by atoms with Crippen LogP contribution in [0.3, 0.4) is 0 Å². The van der Waals surface area contributed by atoms with Crippen molar-refractivity contribution in [3.05, 3.63) is 11.9 Å². The molecular weight excluding hydrogens is 214 g/mol. The average molecular weight is 237 g/mol. The Morgan fingerprint density at radius 1 is 1.47 bits per heavy atom. The summed E-state index contributed by atoms with van der Waals surface area (Å²) in [6.45, 7) is 2.79. The second-order valence-electron chi connectivity index (χ2n) is 4.92. The van der Waals surface area contributed by atoms with Crippen LogP contribution in [-0.4, -0.2) is 46.6 Å². The van der Waals surface area contributed by atoms with Crippen molar-refractivity contribution in [2.24, 2.45) is 0 Å². The van der Waals surface area contributed by atoms with Crippen molar-refractivity contribution < 1.29 is 0 Å². The average Bonchev–Trinajstić information content (AvgIpc) is 2.97. The van der Waals surface area contributed by atoms with Gasteiger partial charge in [0.15, 0.2) is 0 Å². The number of nitrogens with one attached hydrogen (secondary N) is 1. The minimum atomic E-state index is 0.787. The Morgan fingerprint density at radius 2 is 2.24 bits per heavy atom. The van der Waals surface area contributed by atoms with E-state index in [4.69, 9.17) is 0 Å². The molecule has 1 aliphatic rings. The van der Waals surface area contributed by atoms with Crippen LogP contribution in [0.25, 0.3) is 0 Å². The maximum Gasteiger partial charge on any atom is 0.0964 e. The number of aromatic nitrogens is 3. The number of nitrogens with zero attached hydrogens (tertiary/aromatic N) is 4. The zero-order valence-corrected chi connectivity index (χ0v) is 10.9. The van der Waals surface area contributed by atoms with Gasteiger partial charge in [0.1, 0.15) is 0 Å². The molecule has 96 valence electrons. The lowest BCUT2D eigenvalue weighted by molar-refractivity contribution is 0.232. The lowest BCUT2D eigenvalue weighted by Crippen LogP contribution is -2.32. The standard InChI is InChI=1S/C12H23N5/c1-13-9-11-10-17(15-14-11)8-7-16(2)12-5-3-4-6-12/h10,12-13H,3-9H2,1-2H3. The molecule has 0 saturated heterocycles. The largest absolute Gasteiger partial charge is 0.314 e. The molecule has 2 rings (SSSR count). The molecule has 0 radical (unpaired) electrons. The van der Waals surface area contributed by atoms with Gasteiger partial charge in [-0.3, -0.25) is 4.68 Å². The Bertz CT molecular complexity index is 329. The van der Waals surface area contributed by atoms with Crippen LogP contribution in [0.1, 0.15) is 31.4 Å². The van der Waals surface area contributed by atoms with Gasteiger partial charge in [0.2, 0.25) is 0 Å². The first-order valence-corrected chi connectivity index (χ1v) is 6.53. The minimum Gasteiger partial charge on any atom is -0.314 e. The van der Waals surface area contributed by atoms with E-state index in [0.717, 1.165) is 31.4 Å². The van der Waals surface area contributed by atoms with Gasteiger partial charge in [-0.15, -0.1) is 5.10 Å². The van der Waals surface area contributed by atoms with Gasteiger partial charge in [-0.2, -0.15) is 0 Å². The number of likely N-dealkylation sites (N-methyl/N-ethyl adjacent to an activating group) is 1. The molecule has 0 bridgehead atoms. The molecule has 0 unspecified atom stereocenters. The van der Waals surface area contributed by atoms with E-state index in [1.54, 1.807) is 0 Å². The number of hydrogen-bond donors (Lipinski definition) is 1. The van der Waals surface area contributed by atoms with Gasteiger partial charge < -0.3 is 10.2 Å². The van der Waals surface area contributed by atoms with E-state index in [2.05, 4.69) is 27.6 Å². The van der Waals surface area contributed by atoms with Gasteiger partial charge in [-0.1, -0.05) is 18.1 Å². The summed E-state index contributed by atoms with van der Waals surface area (Å²) in [6.07, 6.45) is 7.53. The van der Waals surface area contributed by atoms with Gasteiger partial charge >= 0.3 is 0 Å². The highest BCUT2D eigenvalue weighted by atomic mass is 15.4. The van der Waals surface area contributed by atoms with E-state index in [0.29, 0.717) is 0 Å². The van der Waals surface area contributed by atoms with E-state index in [1.165, 1.54) is 25.7 Å². The Balaban J connectivity index is 1.76. The van der Waals surface area contributed by atoms with Crippen molar-refractivity contribution in [1.29, 1.82) is 0 Å². The van der Waals surface area contributed by atoms with Crippen LogP contribution >= 0.6 is 0 Å². The summed E-state index contributed by atoms with van der Waals surface area (Å²) in [5.74, 6) is 0. The Kier molecular flexibility index (Phi) is 4.50.